The van der Waals surface area contributed by atoms with E-state index < -0.39 is 17.2 Å². The lowest BCUT2D eigenvalue weighted by atomic mass is 9.99. The Kier molecular flexibility index (Phi) is 6.29. The largest absolute Gasteiger partial charge is 0.494 e. The van der Waals surface area contributed by atoms with Crippen LogP contribution in [0.5, 0.6) is 5.75 Å². The number of carbonyl (C=O) groups excluding carboxylic acids is 2. The molecule has 2 aromatic heterocycles. The van der Waals surface area contributed by atoms with Gasteiger partial charge in [-0.1, -0.05) is 11.2 Å². The zero-order valence-electron chi connectivity index (χ0n) is 19.8. The first-order valence-corrected chi connectivity index (χ1v) is 11.6. The standard InChI is InChI=1S/C24H27N7O5/c1-34-20-14(22-29-19(30-36-22)13-31-7-9-35-10-8-31)3-2-4-16(20)28-17-11-18(24(5-6-24)23(26)33)27-12-15(17)21(25)32/h2-4,11-12H,5-10,13H2,1H3,(H2,25,32)(H2,26,33)(H,27,28). The molecule has 1 aromatic carbocycles. The lowest BCUT2D eigenvalue weighted by Crippen LogP contribution is -2.35. The lowest BCUT2D eigenvalue weighted by molar-refractivity contribution is -0.120. The van der Waals surface area contributed by atoms with E-state index in [2.05, 4.69) is 25.3 Å². The van der Waals surface area contributed by atoms with Crippen LogP contribution >= 0.6 is 0 Å². The molecule has 36 heavy (non-hydrogen) atoms. The number of anilines is 2. The van der Waals surface area contributed by atoms with Gasteiger partial charge in [0.2, 0.25) is 5.91 Å². The fourth-order valence-corrected chi connectivity index (χ4v) is 4.33. The highest BCUT2D eigenvalue weighted by Crippen LogP contribution is 2.48. The summed E-state index contributed by atoms with van der Waals surface area (Å²) in [5.74, 6) is 0.180. The number of amides is 2. The van der Waals surface area contributed by atoms with Gasteiger partial charge in [0, 0.05) is 19.3 Å². The number of para-hydroxylation sites is 1. The molecule has 0 atom stereocenters. The number of benzene rings is 1. The Morgan fingerprint density at radius 1 is 1.19 bits per heavy atom. The molecule has 1 aliphatic heterocycles. The van der Waals surface area contributed by atoms with E-state index in [-0.39, 0.29) is 5.56 Å². The molecule has 2 fully saturated rings. The number of nitrogens with one attached hydrogen (secondary N) is 1. The summed E-state index contributed by atoms with van der Waals surface area (Å²) in [6.07, 6.45) is 2.57. The maximum atomic E-state index is 12.1. The number of nitrogens with zero attached hydrogens (tertiary/aromatic N) is 4. The minimum atomic E-state index is -0.820. The third-order valence-electron chi connectivity index (χ3n) is 6.54. The number of rotatable bonds is 9. The molecule has 188 valence electrons. The van der Waals surface area contributed by atoms with Crippen LogP contribution in [-0.4, -0.2) is 65.3 Å². The van der Waals surface area contributed by atoms with Crippen molar-refractivity contribution in [1.82, 2.24) is 20.0 Å². The van der Waals surface area contributed by atoms with Gasteiger partial charge in [-0.2, -0.15) is 4.98 Å². The molecule has 3 aromatic rings. The van der Waals surface area contributed by atoms with E-state index in [0.717, 1.165) is 13.1 Å². The predicted molar refractivity (Wildman–Crippen MR) is 129 cm³/mol. The second kappa shape index (κ2) is 9.55. The van der Waals surface area contributed by atoms with Gasteiger partial charge < -0.3 is 30.8 Å². The van der Waals surface area contributed by atoms with E-state index in [0.29, 0.717) is 72.7 Å². The van der Waals surface area contributed by atoms with Gasteiger partial charge in [0.15, 0.2) is 11.6 Å². The Hall–Kier alpha value is -4.03. The van der Waals surface area contributed by atoms with E-state index in [4.69, 9.17) is 25.5 Å². The highest BCUT2D eigenvalue weighted by molar-refractivity contribution is 6.00. The van der Waals surface area contributed by atoms with Gasteiger partial charge in [-0.05, 0) is 31.0 Å². The van der Waals surface area contributed by atoms with Crippen molar-refractivity contribution in [3.05, 3.63) is 47.5 Å². The Bertz CT molecular complexity index is 1300. The third-order valence-corrected chi connectivity index (χ3v) is 6.54. The van der Waals surface area contributed by atoms with Gasteiger partial charge in [-0.15, -0.1) is 0 Å². The number of carbonyl (C=O) groups is 2. The van der Waals surface area contributed by atoms with Crippen LogP contribution in [0.3, 0.4) is 0 Å². The zero-order valence-corrected chi connectivity index (χ0v) is 19.8. The van der Waals surface area contributed by atoms with Crippen LogP contribution in [0.1, 0.15) is 34.7 Å². The number of ether oxygens (including phenoxy) is 2. The number of nitrogens with two attached hydrogens (primary N) is 2. The van der Waals surface area contributed by atoms with Crippen LogP contribution in [0.2, 0.25) is 0 Å². The number of hydrogen-bond donors (Lipinski definition) is 3. The van der Waals surface area contributed by atoms with Gasteiger partial charge in [0.05, 0.1) is 60.5 Å². The predicted octanol–water partition coefficient (Wildman–Crippen LogP) is 1.33. The summed E-state index contributed by atoms with van der Waals surface area (Å²) in [5.41, 5.74) is 12.5. The van der Waals surface area contributed by atoms with Gasteiger partial charge in [0.1, 0.15) is 0 Å². The molecule has 12 heteroatoms. The molecular weight excluding hydrogens is 466 g/mol. The molecule has 12 nitrogen and oxygen atoms in total. The Balaban J connectivity index is 1.46. The monoisotopic (exact) mass is 493 g/mol. The lowest BCUT2D eigenvalue weighted by Gasteiger charge is -2.24. The van der Waals surface area contributed by atoms with Crippen LogP contribution in [0.15, 0.2) is 35.0 Å². The number of hydrogen-bond acceptors (Lipinski definition) is 10. The van der Waals surface area contributed by atoms with Crippen molar-refractivity contribution in [2.24, 2.45) is 11.5 Å². The second-order valence-electron chi connectivity index (χ2n) is 8.84. The van der Waals surface area contributed by atoms with Crippen molar-refractivity contribution in [3.8, 4) is 17.2 Å². The molecule has 5 N–H and O–H groups in total. The zero-order chi connectivity index (χ0) is 25.3. The van der Waals surface area contributed by atoms with Crippen molar-refractivity contribution in [2.45, 2.75) is 24.8 Å². The van der Waals surface area contributed by atoms with Crippen LogP contribution in [0, 0.1) is 0 Å². The number of methoxy groups -OCH3 is 1. The molecule has 1 aliphatic carbocycles. The van der Waals surface area contributed by atoms with Crippen molar-refractivity contribution >= 4 is 23.2 Å². The maximum absolute atomic E-state index is 12.1. The first kappa shape index (κ1) is 23.7. The normalized spacial score (nSPS) is 16.9. The molecule has 1 saturated heterocycles. The molecule has 1 saturated carbocycles. The van der Waals surface area contributed by atoms with Gasteiger partial charge in [-0.3, -0.25) is 19.5 Å². The Labute approximate surface area is 206 Å². The quantitative estimate of drug-likeness (QED) is 0.395. The highest BCUT2D eigenvalue weighted by Gasteiger charge is 2.51. The maximum Gasteiger partial charge on any atom is 0.261 e. The van der Waals surface area contributed by atoms with Gasteiger partial charge >= 0.3 is 0 Å². The molecule has 5 rings (SSSR count). The summed E-state index contributed by atoms with van der Waals surface area (Å²) in [7, 11) is 1.52. The van der Waals surface area contributed by atoms with Crippen molar-refractivity contribution in [3.63, 3.8) is 0 Å². The first-order chi connectivity index (χ1) is 17.4. The summed E-state index contributed by atoms with van der Waals surface area (Å²) in [4.78, 5) is 35.2. The molecule has 0 spiro atoms. The summed E-state index contributed by atoms with van der Waals surface area (Å²) in [5, 5.41) is 7.32. The average molecular weight is 494 g/mol. The van der Waals surface area contributed by atoms with Gasteiger partial charge in [0.25, 0.3) is 11.8 Å². The number of primary amides is 2. The molecule has 0 unspecified atom stereocenters. The second-order valence-corrected chi connectivity index (χ2v) is 8.84. The summed E-state index contributed by atoms with van der Waals surface area (Å²) < 4.78 is 16.6. The van der Waals surface area contributed by atoms with Crippen LogP contribution in [0.25, 0.3) is 11.5 Å². The fourth-order valence-electron chi connectivity index (χ4n) is 4.33. The van der Waals surface area contributed by atoms with Crippen molar-refractivity contribution < 1.29 is 23.6 Å². The minimum Gasteiger partial charge on any atom is -0.494 e. The molecule has 2 amide bonds. The minimum absolute atomic E-state index is 0.164. The third kappa shape index (κ3) is 4.48. The van der Waals surface area contributed by atoms with E-state index >= 15 is 0 Å². The summed E-state index contributed by atoms with van der Waals surface area (Å²) >= 11 is 0. The number of aromatic nitrogens is 3. The van der Waals surface area contributed by atoms with E-state index in [1.54, 1.807) is 24.3 Å². The van der Waals surface area contributed by atoms with E-state index in [1.165, 1.54) is 13.3 Å². The molecule has 0 radical (unpaired) electrons. The SMILES string of the molecule is COc1c(Nc2cc(C3(C(N)=O)CC3)ncc2C(N)=O)cccc1-c1nc(CN2CCOCC2)no1. The Morgan fingerprint density at radius 2 is 1.97 bits per heavy atom. The van der Waals surface area contributed by atoms with Crippen molar-refractivity contribution in [1.29, 1.82) is 0 Å². The van der Waals surface area contributed by atoms with Crippen LogP contribution < -0.4 is 21.5 Å². The fraction of sp³-hybridized carbons (Fsp3) is 0.375. The number of pyridine rings is 1. The number of morpholine rings is 1. The average Bonchev–Trinajstić information content (AvgIpc) is 3.58. The van der Waals surface area contributed by atoms with Crippen LogP contribution in [0.4, 0.5) is 11.4 Å². The highest BCUT2D eigenvalue weighted by atomic mass is 16.5. The van der Waals surface area contributed by atoms with Crippen molar-refractivity contribution in [2.75, 3.05) is 38.7 Å². The summed E-state index contributed by atoms with van der Waals surface area (Å²) in [6.45, 7) is 3.52. The molecule has 2 aliphatic rings. The van der Waals surface area contributed by atoms with Crippen LogP contribution in [-0.2, 0) is 21.5 Å². The van der Waals surface area contributed by atoms with E-state index in [9.17, 15) is 9.59 Å². The molecule has 3 heterocycles. The Morgan fingerprint density at radius 3 is 2.64 bits per heavy atom. The smallest absolute Gasteiger partial charge is 0.261 e. The molecule has 0 bridgehead atoms. The topological polar surface area (TPSA) is 172 Å². The summed E-state index contributed by atoms with van der Waals surface area (Å²) in [6, 6.07) is 7.01. The van der Waals surface area contributed by atoms with E-state index in [1.807, 2.05) is 0 Å². The van der Waals surface area contributed by atoms with Gasteiger partial charge in [-0.25, -0.2) is 0 Å². The molecular formula is C24H27N7O5. The first-order valence-electron chi connectivity index (χ1n) is 11.6.